The van der Waals surface area contributed by atoms with Crippen molar-refractivity contribution in [2.24, 2.45) is 0 Å². The lowest BCUT2D eigenvalue weighted by Crippen LogP contribution is -2.27. The van der Waals surface area contributed by atoms with Gasteiger partial charge in [-0.05, 0) is 32.1 Å². The highest BCUT2D eigenvalue weighted by Crippen LogP contribution is 2.25. The molecule has 0 radical (unpaired) electrons. The zero-order chi connectivity index (χ0) is 13.8. The van der Waals surface area contributed by atoms with Gasteiger partial charge in [0.25, 0.3) is 0 Å². The molecular formula is C18H36O. The van der Waals surface area contributed by atoms with Gasteiger partial charge in [0, 0.05) is 0 Å². The van der Waals surface area contributed by atoms with Gasteiger partial charge < -0.3 is 4.74 Å². The van der Waals surface area contributed by atoms with Crippen molar-refractivity contribution in [3.05, 3.63) is 0 Å². The Morgan fingerprint density at radius 2 is 1.26 bits per heavy atom. The average Bonchev–Trinajstić information content (AvgIpc) is 2.43. The first-order valence-corrected chi connectivity index (χ1v) is 9.02. The van der Waals surface area contributed by atoms with E-state index in [-0.39, 0.29) is 0 Å². The Kier molecular flexibility index (Phi) is 10.5. The summed E-state index contributed by atoms with van der Waals surface area (Å²) >= 11 is 0. The van der Waals surface area contributed by atoms with Gasteiger partial charge in [-0.25, -0.2) is 0 Å². The van der Waals surface area contributed by atoms with E-state index < -0.39 is 0 Å². The number of hydrogen-bond donors (Lipinski definition) is 0. The summed E-state index contributed by atoms with van der Waals surface area (Å²) in [5, 5.41) is 0. The fraction of sp³-hybridized carbons (Fsp3) is 1.00. The van der Waals surface area contributed by atoms with Crippen LogP contribution in [-0.2, 0) is 4.74 Å². The third-order valence-corrected chi connectivity index (χ3v) is 4.43. The molecule has 0 aliphatic carbocycles. The average molecular weight is 268 g/mol. The van der Waals surface area contributed by atoms with E-state index in [2.05, 4.69) is 13.8 Å². The Morgan fingerprint density at radius 1 is 0.684 bits per heavy atom. The Bertz CT molecular complexity index is 188. The Hall–Kier alpha value is -0.0400. The molecule has 1 fully saturated rings. The molecule has 1 rings (SSSR count). The van der Waals surface area contributed by atoms with E-state index in [0.29, 0.717) is 12.2 Å². The van der Waals surface area contributed by atoms with Crippen molar-refractivity contribution in [2.45, 2.75) is 116 Å². The number of hydrogen-bond acceptors (Lipinski definition) is 1. The highest BCUT2D eigenvalue weighted by Gasteiger charge is 2.20. The Morgan fingerprint density at radius 3 is 1.89 bits per heavy atom. The Balaban J connectivity index is 1.91. The number of ether oxygens (including phenoxy) is 1. The van der Waals surface area contributed by atoms with Crippen LogP contribution in [0.3, 0.4) is 0 Å². The van der Waals surface area contributed by atoms with Gasteiger partial charge in [-0.3, -0.25) is 0 Å². The molecule has 0 saturated carbocycles. The second-order valence-electron chi connectivity index (χ2n) is 6.36. The monoisotopic (exact) mass is 268 g/mol. The molecule has 1 saturated heterocycles. The minimum atomic E-state index is 0.581. The predicted molar refractivity (Wildman–Crippen MR) is 84.6 cm³/mol. The predicted octanol–water partition coefficient (Wildman–Crippen LogP) is 6.26. The summed E-state index contributed by atoms with van der Waals surface area (Å²) in [6.07, 6.45) is 20.4. The van der Waals surface area contributed by atoms with Crippen molar-refractivity contribution in [1.29, 1.82) is 0 Å². The van der Waals surface area contributed by atoms with E-state index in [4.69, 9.17) is 4.74 Å². The molecule has 1 aliphatic rings. The summed E-state index contributed by atoms with van der Waals surface area (Å²) in [6.45, 7) is 4.56. The minimum absolute atomic E-state index is 0.581. The molecule has 0 amide bonds. The van der Waals surface area contributed by atoms with E-state index in [1.54, 1.807) is 0 Å². The molecule has 0 N–H and O–H groups in total. The third-order valence-electron chi connectivity index (χ3n) is 4.43. The van der Waals surface area contributed by atoms with Gasteiger partial charge in [-0.15, -0.1) is 0 Å². The lowest BCUT2D eigenvalue weighted by atomic mass is 9.97. The summed E-state index contributed by atoms with van der Waals surface area (Å²) in [7, 11) is 0. The van der Waals surface area contributed by atoms with Crippen LogP contribution in [0.15, 0.2) is 0 Å². The van der Waals surface area contributed by atoms with E-state index in [0.717, 1.165) is 0 Å². The SMILES string of the molecule is CCCCCCCCCC[C@H]1CCC[C@@H](CCC)O1. The zero-order valence-corrected chi connectivity index (χ0v) is 13.5. The highest BCUT2D eigenvalue weighted by atomic mass is 16.5. The van der Waals surface area contributed by atoms with E-state index in [1.807, 2.05) is 0 Å². The molecule has 1 heteroatoms. The van der Waals surface area contributed by atoms with Gasteiger partial charge >= 0.3 is 0 Å². The largest absolute Gasteiger partial charge is 0.375 e. The maximum absolute atomic E-state index is 6.19. The van der Waals surface area contributed by atoms with Crippen molar-refractivity contribution in [2.75, 3.05) is 0 Å². The lowest BCUT2D eigenvalue weighted by Gasteiger charge is -2.30. The molecule has 0 aromatic carbocycles. The molecule has 0 aromatic heterocycles. The second-order valence-corrected chi connectivity index (χ2v) is 6.36. The smallest absolute Gasteiger partial charge is 0.0579 e. The van der Waals surface area contributed by atoms with Crippen molar-refractivity contribution >= 4 is 0 Å². The maximum Gasteiger partial charge on any atom is 0.0579 e. The number of unbranched alkanes of at least 4 members (excludes halogenated alkanes) is 7. The molecule has 0 spiro atoms. The van der Waals surface area contributed by atoms with Gasteiger partial charge in [0.05, 0.1) is 12.2 Å². The molecule has 0 unspecified atom stereocenters. The van der Waals surface area contributed by atoms with Crippen molar-refractivity contribution in [1.82, 2.24) is 0 Å². The van der Waals surface area contributed by atoms with Crippen molar-refractivity contribution in [3.8, 4) is 0 Å². The maximum atomic E-state index is 6.19. The first kappa shape index (κ1) is 17.0. The molecule has 0 aromatic rings. The first-order chi connectivity index (χ1) is 9.36. The molecule has 19 heavy (non-hydrogen) atoms. The van der Waals surface area contributed by atoms with Gasteiger partial charge in [-0.2, -0.15) is 0 Å². The number of rotatable bonds is 11. The quantitative estimate of drug-likeness (QED) is 0.402. The summed E-state index contributed by atoms with van der Waals surface area (Å²) in [4.78, 5) is 0. The highest BCUT2D eigenvalue weighted by molar-refractivity contribution is 4.71. The molecule has 1 aliphatic heterocycles. The van der Waals surface area contributed by atoms with Crippen molar-refractivity contribution < 1.29 is 4.74 Å². The van der Waals surface area contributed by atoms with Crippen LogP contribution < -0.4 is 0 Å². The van der Waals surface area contributed by atoms with Gasteiger partial charge in [0.1, 0.15) is 0 Å². The van der Waals surface area contributed by atoms with Crippen LogP contribution >= 0.6 is 0 Å². The second kappa shape index (κ2) is 11.8. The summed E-state index contributed by atoms with van der Waals surface area (Å²) in [6, 6.07) is 0. The fourth-order valence-corrected chi connectivity index (χ4v) is 3.23. The standard InChI is InChI=1S/C18H36O/c1-3-5-6-7-8-9-10-11-14-18-16-12-15-17(19-18)13-4-2/h17-18H,3-16H2,1-2H3/t17-,18+/m1/s1. The van der Waals surface area contributed by atoms with Gasteiger partial charge in [0.2, 0.25) is 0 Å². The summed E-state index contributed by atoms with van der Waals surface area (Å²) < 4.78 is 6.19. The summed E-state index contributed by atoms with van der Waals surface area (Å²) in [5.74, 6) is 0. The van der Waals surface area contributed by atoms with E-state index in [9.17, 15) is 0 Å². The fourth-order valence-electron chi connectivity index (χ4n) is 3.23. The van der Waals surface area contributed by atoms with Crippen molar-refractivity contribution in [3.63, 3.8) is 0 Å². The topological polar surface area (TPSA) is 9.23 Å². The lowest BCUT2D eigenvalue weighted by molar-refractivity contribution is -0.0572. The van der Waals surface area contributed by atoms with Gasteiger partial charge in [0.15, 0.2) is 0 Å². The first-order valence-electron chi connectivity index (χ1n) is 9.02. The van der Waals surface area contributed by atoms with Crippen LogP contribution in [0.4, 0.5) is 0 Å². The Labute approximate surface area is 121 Å². The molecule has 114 valence electrons. The van der Waals surface area contributed by atoms with Crippen LogP contribution in [-0.4, -0.2) is 12.2 Å². The molecular weight excluding hydrogens is 232 g/mol. The molecule has 2 atom stereocenters. The third kappa shape index (κ3) is 8.68. The van der Waals surface area contributed by atoms with Crippen LogP contribution in [0.1, 0.15) is 104 Å². The van der Waals surface area contributed by atoms with E-state index >= 15 is 0 Å². The van der Waals surface area contributed by atoms with E-state index in [1.165, 1.54) is 89.9 Å². The van der Waals surface area contributed by atoms with Crippen LogP contribution in [0, 0.1) is 0 Å². The zero-order valence-electron chi connectivity index (χ0n) is 13.5. The molecule has 1 nitrogen and oxygen atoms in total. The van der Waals surface area contributed by atoms with Crippen LogP contribution in [0.25, 0.3) is 0 Å². The summed E-state index contributed by atoms with van der Waals surface area (Å²) in [5.41, 5.74) is 0. The van der Waals surface area contributed by atoms with Gasteiger partial charge in [-0.1, -0.05) is 71.6 Å². The normalized spacial score (nSPS) is 23.7. The van der Waals surface area contributed by atoms with Crippen LogP contribution in [0.2, 0.25) is 0 Å². The molecule has 0 bridgehead atoms. The minimum Gasteiger partial charge on any atom is -0.375 e. The van der Waals surface area contributed by atoms with Crippen LogP contribution in [0.5, 0.6) is 0 Å². The molecule has 1 heterocycles.